The smallest absolute Gasteiger partial charge is 0.0710 e. The number of pyridine rings is 1. The number of hydrogen-bond acceptors (Lipinski definition) is 1. The van der Waals surface area contributed by atoms with Crippen molar-refractivity contribution in [1.82, 2.24) is 4.98 Å². The quantitative estimate of drug-likeness (QED) is 0.658. The molecule has 0 unspecified atom stereocenters. The molecule has 0 N–H and O–H groups in total. The van der Waals surface area contributed by atoms with Crippen LogP contribution >= 0.6 is 0 Å². The molecule has 0 radical (unpaired) electrons. The van der Waals surface area contributed by atoms with E-state index in [2.05, 4.69) is 83.8 Å². The summed E-state index contributed by atoms with van der Waals surface area (Å²) in [6.07, 6.45) is 1.91. The Morgan fingerprint density at radius 3 is 1.76 bits per heavy atom. The molecule has 0 bridgehead atoms. The van der Waals surface area contributed by atoms with Crippen molar-refractivity contribution in [2.75, 3.05) is 0 Å². The maximum atomic E-state index is 4.66. The van der Waals surface area contributed by atoms with Crippen molar-refractivity contribution in [2.24, 2.45) is 0 Å². The molecule has 1 heteroatoms. The summed E-state index contributed by atoms with van der Waals surface area (Å²) in [5.74, 6) is 0. The van der Waals surface area contributed by atoms with E-state index in [0.29, 0.717) is 0 Å². The van der Waals surface area contributed by atoms with Crippen molar-refractivity contribution < 1.29 is 0 Å². The highest BCUT2D eigenvalue weighted by Crippen LogP contribution is 2.39. The molecule has 0 spiro atoms. The molecule has 1 aromatic heterocycles. The molecule has 0 aliphatic rings. The Kier molecular flexibility index (Phi) is 3.97. The highest BCUT2D eigenvalue weighted by Gasteiger charge is 2.26. The lowest BCUT2D eigenvalue weighted by atomic mass is 9.75. The molecular weight excluding hydrogens is 254 g/mol. The zero-order valence-electron chi connectivity index (χ0n) is 14.4. The maximum absolute atomic E-state index is 4.66. The summed E-state index contributed by atoms with van der Waals surface area (Å²) in [5.41, 5.74) is 6.58. The molecule has 0 aliphatic carbocycles. The Labute approximate surface area is 129 Å². The average Bonchev–Trinajstić information content (AvgIpc) is 2.36. The molecule has 0 atom stereocenters. The van der Waals surface area contributed by atoms with E-state index in [-0.39, 0.29) is 10.8 Å². The fourth-order valence-corrected chi connectivity index (χ4v) is 2.75. The summed E-state index contributed by atoms with van der Waals surface area (Å²) in [6.45, 7) is 15.8. The maximum Gasteiger partial charge on any atom is 0.0710 e. The summed E-state index contributed by atoms with van der Waals surface area (Å²) < 4.78 is 0. The fraction of sp³-hybridized carbons (Fsp3) is 0.450. The van der Waals surface area contributed by atoms with Gasteiger partial charge >= 0.3 is 0 Å². The van der Waals surface area contributed by atoms with Gasteiger partial charge in [0, 0.05) is 11.8 Å². The van der Waals surface area contributed by atoms with Gasteiger partial charge in [0.1, 0.15) is 0 Å². The lowest BCUT2D eigenvalue weighted by molar-refractivity contribution is 0.571. The standard InChI is InChI=1S/C20H27N/c1-14-11-12-21-17(13-14)18-15(19(2,3)4)9-8-10-16(18)20(5,6)7/h8-13H,1-7H3. The van der Waals surface area contributed by atoms with E-state index in [4.69, 9.17) is 0 Å². The molecule has 21 heavy (non-hydrogen) atoms. The van der Waals surface area contributed by atoms with Crippen LogP contribution in [-0.2, 0) is 10.8 Å². The van der Waals surface area contributed by atoms with Crippen LogP contribution in [-0.4, -0.2) is 4.98 Å². The topological polar surface area (TPSA) is 12.9 Å². The lowest BCUT2D eigenvalue weighted by Gasteiger charge is -2.29. The van der Waals surface area contributed by atoms with Crippen molar-refractivity contribution >= 4 is 0 Å². The van der Waals surface area contributed by atoms with Gasteiger partial charge in [-0.25, -0.2) is 0 Å². The van der Waals surface area contributed by atoms with Crippen LogP contribution in [0.1, 0.15) is 58.2 Å². The molecule has 2 aromatic rings. The molecule has 0 saturated heterocycles. The summed E-state index contributed by atoms with van der Waals surface area (Å²) in [6, 6.07) is 10.9. The zero-order chi connectivity index (χ0) is 15.8. The fourth-order valence-electron chi connectivity index (χ4n) is 2.75. The lowest BCUT2D eigenvalue weighted by Crippen LogP contribution is -2.19. The first-order valence-electron chi connectivity index (χ1n) is 7.68. The molecule has 1 aromatic carbocycles. The molecular formula is C20H27N. The Morgan fingerprint density at radius 2 is 1.33 bits per heavy atom. The van der Waals surface area contributed by atoms with E-state index >= 15 is 0 Å². The third-order valence-electron chi connectivity index (χ3n) is 3.85. The molecule has 2 rings (SSSR count). The van der Waals surface area contributed by atoms with Gasteiger partial charge in [0.15, 0.2) is 0 Å². The van der Waals surface area contributed by atoms with E-state index in [1.165, 1.54) is 22.3 Å². The van der Waals surface area contributed by atoms with Crippen molar-refractivity contribution in [1.29, 1.82) is 0 Å². The van der Waals surface area contributed by atoms with E-state index in [1.807, 2.05) is 6.20 Å². The summed E-state index contributed by atoms with van der Waals surface area (Å²) in [7, 11) is 0. The Morgan fingerprint density at radius 1 is 0.810 bits per heavy atom. The second-order valence-electron chi connectivity index (χ2n) is 7.95. The summed E-state index contributed by atoms with van der Waals surface area (Å²) in [4.78, 5) is 4.66. The summed E-state index contributed by atoms with van der Waals surface area (Å²) in [5, 5.41) is 0. The molecule has 1 nitrogen and oxygen atoms in total. The van der Waals surface area contributed by atoms with Crippen molar-refractivity contribution in [3.8, 4) is 11.3 Å². The molecule has 0 fully saturated rings. The van der Waals surface area contributed by atoms with E-state index in [0.717, 1.165) is 5.69 Å². The molecule has 0 aliphatic heterocycles. The van der Waals surface area contributed by atoms with Gasteiger partial charge in [-0.3, -0.25) is 4.98 Å². The minimum Gasteiger partial charge on any atom is -0.256 e. The molecule has 1 heterocycles. The minimum absolute atomic E-state index is 0.0992. The highest BCUT2D eigenvalue weighted by molar-refractivity contribution is 5.71. The van der Waals surface area contributed by atoms with Gasteiger partial charge in [0.05, 0.1) is 5.69 Å². The van der Waals surface area contributed by atoms with Crippen LogP contribution in [0.4, 0.5) is 0 Å². The van der Waals surface area contributed by atoms with Gasteiger partial charge in [-0.05, 0) is 46.6 Å². The van der Waals surface area contributed by atoms with Crippen LogP contribution < -0.4 is 0 Å². The monoisotopic (exact) mass is 281 g/mol. The molecule has 0 saturated carbocycles. The van der Waals surface area contributed by atoms with Gasteiger partial charge in [-0.2, -0.15) is 0 Å². The Balaban J connectivity index is 2.83. The first-order chi connectivity index (χ1) is 9.60. The second kappa shape index (κ2) is 5.29. The van der Waals surface area contributed by atoms with Crippen LogP contribution in [0.3, 0.4) is 0 Å². The number of nitrogens with zero attached hydrogens (tertiary/aromatic N) is 1. The third kappa shape index (κ3) is 3.34. The minimum atomic E-state index is 0.0992. The zero-order valence-corrected chi connectivity index (χ0v) is 14.4. The van der Waals surface area contributed by atoms with Crippen LogP contribution in [0.2, 0.25) is 0 Å². The van der Waals surface area contributed by atoms with E-state index in [1.54, 1.807) is 0 Å². The normalized spacial score (nSPS) is 12.5. The number of aryl methyl sites for hydroxylation is 1. The Bertz CT molecular complexity index is 607. The van der Waals surface area contributed by atoms with Crippen LogP contribution in [0.5, 0.6) is 0 Å². The molecule has 112 valence electrons. The second-order valence-corrected chi connectivity index (χ2v) is 7.95. The molecule has 0 amide bonds. The largest absolute Gasteiger partial charge is 0.256 e. The van der Waals surface area contributed by atoms with Crippen molar-refractivity contribution in [3.63, 3.8) is 0 Å². The van der Waals surface area contributed by atoms with Gasteiger partial charge < -0.3 is 0 Å². The Hall–Kier alpha value is -1.63. The van der Waals surface area contributed by atoms with Crippen molar-refractivity contribution in [2.45, 2.75) is 59.3 Å². The first-order valence-corrected chi connectivity index (χ1v) is 7.68. The SMILES string of the molecule is Cc1ccnc(-c2c(C(C)(C)C)cccc2C(C)(C)C)c1. The highest BCUT2D eigenvalue weighted by atomic mass is 14.7. The number of aromatic nitrogens is 1. The third-order valence-corrected chi connectivity index (χ3v) is 3.85. The number of benzene rings is 1. The van der Waals surface area contributed by atoms with Crippen LogP contribution in [0.15, 0.2) is 36.5 Å². The van der Waals surface area contributed by atoms with Crippen LogP contribution in [0.25, 0.3) is 11.3 Å². The van der Waals surface area contributed by atoms with Gasteiger partial charge in [0.25, 0.3) is 0 Å². The first kappa shape index (κ1) is 15.8. The summed E-state index contributed by atoms with van der Waals surface area (Å²) >= 11 is 0. The van der Waals surface area contributed by atoms with Gasteiger partial charge in [-0.15, -0.1) is 0 Å². The average molecular weight is 281 g/mol. The predicted octanol–water partition coefficient (Wildman–Crippen LogP) is 5.65. The van der Waals surface area contributed by atoms with Crippen LogP contribution in [0, 0.1) is 6.92 Å². The predicted molar refractivity (Wildman–Crippen MR) is 91.8 cm³/mol. The number of hydrogen-bond donors (Lipinski definition) is 0. The van der Waals surface area contributed by atoms with Gasteiger partial charge in [0.2, 0.25) is 0 Å². The van der Waals surface area contributed by atoms with Gasteiger partial charge in [-0.1, -0.05) is 59.7 Å². The van der Waals surface area contributed by atoms with E-state index < -0.39 is 0 Å². The van der Waals surface area contributed by atoms with Crippen molar-refractivity contribution in [3.05, 3.63) is 53.2 Å². The van der Waals surface area contributed by atoms with E-state index in [9.17, 15) is 0 Å². The number of rotatable bonds is 1.